The Morgan fingerprint density at radius 2 is 2.00 bits per heavy atom. The van der Waals surface area contributed by atoms with Crippen LogP contribution in [0.3, 0.4) is 0 Å². The minimum atomic E-state index is -0.241. The van der Waals surface area contributed by atoms with E-state index in [0.717, 1.165) is 19.5 Å². The normalized spacial score (nSPS) is 24.2. The Hall–Kier alpha value is -0.120. The third-order valence-corrected chi connectivity index (χ3v) is 2.62. The van der Waals surface area contributed by atoms with Gasteiger partial charge in [-0.2, -0.15) is 0 Å². The van der Waals surface area contributed by atoms with Crippen LogP contribution in [0.1, 0.15) is 26.2 Å². The molecule has 0 bridgehead atoms. The van der Waals surface area contributed by atoms with Crippen LogP contribution in [0.5, 0.6) is 0 Å². The van der Waals surface area contributed by atoms with Crippen molar-refractivity contribution in [1.29, 1.82) is 0 Å². The molecule has 1 aliphatic heterocycles. The van der Waals surface area contributed by atoms with Crippen LogP contribution < -0.4 is 5.32 Å². The standard InChI is InChI=1S/C9H20N2O/c1-8(10-2)7-9(12)11-5-3-4-6-11/h8-10,12H,3-7H2,1-2H3/t8-,9?/m0/s1. The predicted molar refractivity (Wildman–Crippen MR) is 50.0 cm³/mol. The van der Waals surface area contributed by atoms with Crippen LogP contribution in [0.2, 0.25) is 0 Å². The molecule has 1 saturated heterocycles. The fourth-order valence-corrected chi connectivity index (χ4v) is 1.62. The third kappa shape index (κ3) is 2.73. The highest BCUT2D eigenvalue weighted by molar-refractivity contribution is 4.72. The van der Waals surface area contributed by atoms with Gasteiger partial charge in [0.25, 0.3) is 0 Å². The van der Waals surface area contributed by atoms with Gasteiger partial charge in [-0.3, -0.25) is 4.90 Å². The monoisotopic (exact) mass is 172 g/mol. The van der Waals surface area contributed by atoms with Gasteiger partial charge in [-0.1, -0.05) is 0 Å². The molecule has 1 rings (SSSR count). The number of aliphatic hydroxyl groups is 1. The maximum atomic E-state index is 9.74. The minimum Gasteiger partial charge on any atom is -0.378 e. The molecule has 3 nitrogen and oxygen atoms in total. The number of nitrogens with one attached hydrogen (secondary N) is 1. The minimum absolute atomic E-state index is 0.241. The van der Waals surface area contributed by atoms with Crippen LogP contribution in [0.25, 0.3) is 0 Å². The summed E-state index contributed by atoms with van der Waals surface area (Å²) < 4.78 is 0. The molecule has 72 valence electrons. The molecule has 2 N–H and O–H groups in total. The molecule has 0 aromatic carbocycles. The third-order valence-electron chi connectivity index (χ3n) is 2.62. The van der Waals surface area contributed by atoms with E-state index in [1.54, 1.807) is 0 Å². The van der Waals surface area contributed by atoms with E-state index >= 15 is 0 Å². The lowest BCUT2D eigenvalue weighted by Crippen LogP contribution is -2.37. The number of aliphatic hydroxyl groups excluding tert-OH is 1. The van der Waals surface area contributed by atoms with E-state index in [-0.39, 0.29) is 6.23 Å². The highest BCUT2D eigenvalue weighted by atomic mass is 16.3. The van der Waals surface area contributed by atoms with Crippen LogP contribution in [0.4, 0.5) is 0 Å². The Labute approximate surface area is 74.8 Å². The predicted octanol–water partition coefficient (Wildman–Crippen LogP) is 0.399. The first-order valence-corrected chi connectivity index (χ1v) is 4.83. The molecule has 1 unspecified atom stereocenters. The van der Waals surface area contributed by atoms with Crippen molar-refractivity contribution in [3.05, 3.63) is 0 Å². The van der Waals surface area contributed by atoms with Crippen molar-refractivity contribution in [1.82, 2.24) is 10.2 Å². The molecular formula is C9H20N2O. The van der Waals surface area contributed by atoms with E-state index in [1.807, 2.05) is 7.05 Å². The Bertz CT molecular complexity index is 124. The van der Waals surface area contributed by atoms with Crippen molar-refractivity contribution in [3.8, 4) is 0 Å². The summed E-state index contributed by atoms with van der Waals surface area (Å²) in [4.78, 5) is 2.16. The smallest absolute Gasteiger partial charge is 0.108 e. The second kappa shape index (κ2) is 4.80. The van der Waals surface area contributed by atoms with Crippen molar-refractivity contribution >= 4 is 0 Å². The Kier molecular flexibility index (Phi) is 3.98. The number of hydrogen-bond donors (Lipinski definition) is 2. The molecule has 3 heteroatoms. The summed E-state index contributed by atoms with van der Waals surface area (Å²) >= 11 is 0. The summed E-state index contributed by atoms with van der Waals surface area (Å²) in [6.07, 6.45) is 3.07. The molecule has 0 saturated carbocycles. The zero-order valence-electron chi connectivity index (χ0n) is 8.08. The average Bonchev–Trinajstić information content (AvgIpc) is 2.56. The van der Waals surface area contributed by atoms with Crippen molar-refractivity contribution in [2.24, 2.45) is 0 Å². The maximum absolute atomic E-state index is 9.74. The van der Waals surface area contributed by atoms with Crippen molar-refractivity contribution in [2.45, 2.75) is 38.5 Å². The van der Waals surface area contributed by atoms with Gasteiger partial charge >= 0.3 is 0 Å². The van der Waals surface area contributed by atoms with Crippen LogP contribution in [-0.2, 0) is 0 Å². The number of hydrogen-bond acceptors (Lipinski definition) is 3. The second-order valence-electron chi connectivity index (χ2n) is 3.65. The van der Waals surface area contributed by atoms with E-state index in [2.05, 4.69) is 17.1 Å². The SMILES string of the molecule is CN[C@@H](C)CC(O)N1CCCC1. The lowest BCUT2D eigenvalue weighted by Gasteiger charge is -2.24. The van der Waals surface area contributed by atoms with Gasteiger partial charge < -0.3 is 10.4 Å². The van der Waals surface area contributed by atoms with E-state index in [9.17, 15) is 5.11 Å². The van der Waals surface area contributed by atoms with Gasteiger partial charge in [-0.05, 0) is 26.8 Å². The fraction of sp³-hybridized carbons (Fsp3) is 1.00. The number of nitrogens with zero attached hydrogens (tertiary/aromatic N) is 1. The molecule has 1 fully saturated rings. The summed E-state index contributed by atoms with van der Waals surface area (Å²) in [6.45, 7) is 4.23. The Morgan fingerprint density at radius 3 is 2.50 bits per heavy atom. The van der Waals surface area contributed by atoms with Gasteiger partial charge in [0.05, 0.1) is 0 Å². The van der Waals surface area contributed by atoms with Gasteiger partial charge in [0.2, 0.25) is 0 Å². The van der Waals surface area contributed by atoms with Gasteiger partial charge in [0.15, 0.2) is 0 Å². The molecule has 0 radical (unpaired) electrons. The first-order chi connectivity index (χ1) is 5.74. The Morgan fingerprint density at radius 1 is 1.42 bits per heavy atom. The van der Waals surface area contributed by atoms with Crippen LogP contribution in [-0.4, -0.2) is 42.4 Å². The van der Waals surface area contributed by atoms with Crippen LogP contribution in [0, 0.1) is 0 Å². The number of rotatable bonds is 4. The molecule has 1 heterocycles. The van der Waals surface area contributed by atoms with Crippen LogP contribution in [0.15, 0.2) is 0 Å². The molecule has 0 aromatic heterocycles. The van der Waals surface area contributed by atoms with E-state index < -0.39 is 0 Å². The first-order valence-electron chi connectivity index (χ1n) is 4.83. The molecule has 0 aromatic rings. The lowest BCUT2D eigenvalue weighted by molar-refractivity contribution is 0.00818. The first kappa shape index (κ1) is 9.96. The van der Waals surface area contributed by atoms with Gasteiger partial charge in [-0.25, -0.2) is 0 Å². The van der Waals surface area contributed by atoms with E-state index in [4.69, 9.17) is 0 Å². The summed E-state index contributed by atoms with van der Waals surface area (Å²) in [6, 6.07) is 0.403. The quantitative estimate of drug-likeness (QED) is 0.644. The summed E-state index contributed by atoms with van der Waals surface area (Å²) in [7, 11) is 1.93. The molecule has 12 heavy (non-hydrogen) atoms. The topological polar surface area (TPSA) is 35.5 Å². The lowest BCUT2D eigenvalue weighted by atomic mass is 10.2. The summed E-state index contributed by atoms with van der Waals surface area (Å²) in [5, 5.41) is 12.9. The average molecular weight is 172 g/mol. The summed E-state index contributed by atoms with van der Waals surface area (Å²) in [5.74, 6) is 0. The van der Waals surface area contributed by atoms with E-state index in [1.165, 1.54) is 12.8 Å². The molecule has 2 atom stereocenters. The van der Waals surface area contributed by atoms with Gasteiger partial charge in [-0.15, -0.1) is 0 Å². The molecule has 0 amide bonds. The van der Waals surface area contributed by atoms with Crippen molar-refractivity contribution < 1.29 is 5.11 Å². The van der Waals surface area contributed by atoms with Crippen molar-refractivity contribution in [3.63, 3.8) is 0 Å². The largest absolute Gasteiger partial charge is 0.378 e. The number of likely N-dealkylation sites (tertiary alicyclic amines) is 1. The summed E-state index contributed by atoms with van der Waals surface area (Å²) in [5.41, 5.74) is 0. The fourth-order valence-electron chi connectivity index (χ4n) is 1.62. The highest BCUT2D eigenvalue weighted by Gasteiger charge is 2.20. The van der Waals surface area contributed by atoms with Crippen LogP contribution >= 0.6 is 0 Å². The zero-order valence-corrected chi connectivity index (χ0v) is 8.08. The molecule has 0 aliphatic carbocycles. The van der Waals surface area contributed by atoms with Gasteiger partial charge in [0.1, 0.15) is 6.23 Å². The van der Waals surface area contributed by atoms with E-state index in [0.29, 0.717) is 6.04 Å². The van der Waals surface area contributed by atoms with Crippen molar-refractivity contribution in [2.75, 3.05) is 20.1 Å². The Balaban J connectivity index is 2.21. The molecular weight excluding hydrogens is 152 g/mol. The molecule has 1 aliphatic rings. The van der Waals surface area contributed by atoms with Gasteiger partial charge in [0, 0.05) is 25.6 Å². The second-order valence-corrected chi connectivity index (χ2v) is 3.65. The maximum Gasteiger partial charge on any atom is 0.108 e. The zero-order chi connectivity index (χ0) is 8.97. The molecule has 0 spiro atoms. The highest BCUT2D eigenvalue weighted by Crippen LogP contribution is 2.13.